The van der Waals surface area contributed by atoms with Gasteiger partial charge in [0.25, 0.3) is 0 Å². The molecule has 8 heteroatoms. The first-order chi connectivity index (χ1) is 11.3. The Morgan fingerprint density at radius 1 is 1.29 bits per heavy atom. The molecule has 0 bridgehead atoms. The van der Waals surface area contributed by atoms with Gasteiger partial charge in [0.15, 0.2) is 0 Å². The lowest BCUT2D eigenvalue weighted by Gasteiger charge is -2.32. The highest BCUT2D eigenvalue weighted by atomic mass is 35.5. The lowest BCUT2D eigenvalue weighted by atomic mass is 9.96. The van der Waals surface area contributed by atoms with E-state index in [-0.39, 0.29) is 21.7 Å². The highest BCUT2D eigenvalue weighted by Gasteiger charge is 2.34. The molecule has 0 radical (unpaired) electrons. The average molecular weight is 393 g/mol. The third-order valence-electron chi connectivity index (χ3n) is 4.25. The number of hydrogen-bond donors (Lipinski definition) is 0. The van der Waals surface area contributed by atoms with Crippen LogP contribution in [0, 0.1) is 5.92 Å². The first-order valence-corrected chi connectivity index (χ1v) is 10.2. The Labute approximate surface area is 153 Å². The van der Waals surface area contributed by atoms with Crippen LogP contribution in [0.25, 0.3) is 0 Å². The lowest BCUT2D eigenvalue weighted by molar-refractivity contribution is -0.135. The molecule has 0 unspecified atom stereocenters. The molecule has 1 fully saturated rings. The third-order valence-corrected chi connectivity index (χ3v) is 6.86. The first kappa shape index (κ1) is 19.5. The molecule has 134 valence electrons. The second kappa shape index (κ2) is 8.04. The van der Waals surface area contributed by atoms with Crippen molar-refractivity contribution in [1.29, 1.82) is 0 Å². The zero-order chi connectivity index (χ0) is 17.9. The summed E-state index contributed by atoms with van der Waals surface area (Å²) in [6, 6.07) is 4.40. The summed E-state index contributed by atoms with van der Waals surface area (Å²) >= 11 is 11.9. The smallest absolute Gasteiger partial charge is 0.244 e. The zero-order valence-electron chi connectivity index (χ0n) is 13.8. The molecule has 0 atom stereocenters. The maximum Gasteiger partial charge on any atom is 0.244 e. The summed E-state index contributed by atoms with van der Waals surface area (Å²) in [7, 11) is -1.91. The normalized spacial score (nSPS) is 17.0. The summed E-state index contributed by atoms with van der Waals surface area (Å²) in [6.45, 7) is 3.35. The SMILES string of the molecule is CCCN(C)C(=O)C1CCN(S(=O)(=O)c2cc(Cl)ccc2Cl)CC1. The molecular formula is C16H22Cl2N2O3S. The van der Waals surface area contributed by atoms with E-state index in [4.69, 9.17) is 23.2 Å². The Morgan fingerprint density at radius 3 is 2.50 bits per heavy atom. The van der Waals surface area contributed by atoms with Gasteiger partial charge in [0, 0.05) is 37.6 Å². The highest BCUT2D eigenvalue weighted by molar-refractivity contribution is 7.89. The summed E-state index contributed by atoms with van der Waals surface area (Å²) in [6.07, 6.45) is 1.94. The van der Waals surface area contributed by atoms with Crippen LogP contribution in [0.15, 0.2) is 23.1 Å². The summed E-state index contributed by atoms with van der Waals surface area (Å²) in [5.41, 5.74) is 0. The lowest BCUT2D eigenvalue weighted by Crippen LogP contribution is -2.43. The summed E-state index contributed by atoms with van der Waals surface area (Å²) in [5, 5.41) is 0.476. The van der Waals surface area contributed by atoms with Crippen LogP contribution in [0.5, 0.6) is 0 Å². The van der Waals surface area contributed by atoms with Crippen molar-refractivity contribution in [3.63, 3.8) is 0 Å². The topological polar surface area (TPSA) is 57.7 Å². The van der Waals surface area contributed by atoms with Crippen molar-refractivity contribution in [2.24, 2.45) is 5.92 Å². The van der Waals surface area contributed by atoms with Gasteiger partial charge in [-0.15, -0.1) is 0 Å². The molecule has 1 aliphatic rings. The van der Waals surface area contributed by atoms with Gasteiger partial charge in [-0.05, 0) is 37.5 Å². The number of benzene rings is 1. The van der Waals surface area contributed by atoms with Gasteiger partial charge >= 0.3 is 0 Å². The van der Waals surface area contributed by atoms with Crippen molar-refractivity contribution in [3.8, 4) is 0 Å². The van der Waals surface area contributed by atoms with Crippen LogP contribution in [-0.4, -0.2) is 50.2 Å². The minimum Gasteiger partial charge on any atom is -0.346 e. The van der Waals surface area contributed by atoms with Crippen molar-refractivity contribution in [3.05, 3.63) is 28.2 Å². The van der Waals surface area contributed by atoms with Crippen LogP contribution in [0.2, 0.25) is 10.0 Å². The van der Waals surface area contributed by atoms with E-state index in [0.717, 1.165) is 13.0 Å². The minimum absolute atomic E-state index is 0.0181. The van der Waals surface area contributed by atoms with Gasteiger partial charge < -0.3 is 4.90 Å². The Bertz CT molecular complexity index is 701. The first-order valence-electron chi connectivity index (χ1n) is 7.97. The number of halogens is 2. The van der Waals surface area contributed by atoms with E-state index in [1.165, 1.54) is 16.4 Å². The number of amides is 1. The van der Waals surface area contributed by atoms with Gasteiger partial charge in [-0.25, -0.2) is 8.42 Å². The van der Waals surface area contributed by atoms with Crippen molar-refractivity contribution in [1.82, 2.24) is 9.21 Å². The van der Waals surface area contributed by atoms with Gasteiger partial charge in [-0.1, -0.05) is 30.1 Å². The molecule has 24 heavy (non-hydrogen) atoms. The minimum atomic E-state index is -3.70. The van der Waals surface area contributed by atoms with Crippen LogP contribution in [0.4, 0.5) is 0 Å². The number of rotatable bonds is 5. The Kier molecular flexibility index (Phi) is 6.53. The number of nitrogens with zero attached hydrogens (tertiary/aromatic N) is 2. The van der Waals surface area contributed by atoms with E-state index in [1.54, 1.807) is 18.0 Å². The van der Waals surface area contributed by atoms with E-state index in [9.17, 15) is 13.2 Å². The largest absolute Gasteiger partial charge is 0.346 e. The van der Waals surface area contributed by atoms with Crippen molar-refractivity contribution in [2.45, 2.75) is 31.1 Å². The highest BCUT2D eigenvalue weighted by Crippen LogP contribution is 2.30. The van der Waals surface area contributed by atoms with Crippen molar-refractivity contribution in [2.75, 3.05) is 26.7 Å². The van der Waals surface area contributed by atoms with Crippen LogP contribution >= 0.6 is 23.2 Å². The van der Waals surface area contributed by atoms with E-state index < -0.39 is 10.0 Å². The summed E-state index contributed by atoms with van der Waals surface area (Å²) < 4.78 is 26.9. The monoisotopic (exact) mass is 392 g/mol. The van der Waals surface area contributed by atoms with Crippen molar-refractivity contribution >= 4 is 39.1 Å². The predicted octanol–water partition coefficient (Wildman–Crippen LogP) is 3.26. The number of sulfonamides is 1. The third kappa shape index (κ3) is 4.23. The van der Waals surface area contributed by atoms with E-state index in [2.05, 4.69) is 0 Å². The molecule has 0 aliphatic carbocycles. The van der Waals surface area contributed by atoms with Gasteiger partial charge in [0.1, 0.15) is 4.90 Å². The molecule has 0 N–H and O–H groups in total. The summed E-state index contributed by atoms with van der Waals surface area (Å²) in [4.78, 5) is 14.1. The molecule has 5 nitrogen and oxygen atoms in total. The van der Waals surface area contributed by atoms with Crippen LogP contribution < -0.4 is 0 Å². The van der Waals surface area contributed by atoms with Gasteiger partial charge in [0.05, 0.1) is 5.02 Å². The van der Waals surface area contributed by atoms with Gasteiger partial charge in [0.2, 0.25) is 15.9 Å². The molecule has 1 saturated heterocycles. The fourth-order valence-electron chi connectivity index (χ4n) is 2.91. The summed E-state index contributed by atoms with van der Waals surface area (Å²) in [5.74, 6) is -0.0301. The molecule has 0 saturated carbocycles. The predicted molar refractivity (Wildman–Crippen MR) is 95.9 cm³/mol. The average Bonchev–Trinajstić information content (AvgIpc) is 2.56. The van der Waals surface area contributed by atoms with Crippen LogP contribution in [0.1, 0.15) is 26.2 Å². The number of carbonyl (C=O) groups excluding carboxylic acids is 1. The number of hydrogen-bond acceptors (Lipinski definition) is 3. The number of piperidine rings is 1. The van der Waals surface area contributed by atoms with E-state index in [1.807, 2.05) is 6.92 Å². The molecule has 1 amide bonds. The molecule has 0 aromatic heterocycles. The zero-order valence-corrected chi connectivity index (χ0v) is 16.2. The molecule has 0 spiro atoms. The second-order valence-electron chi connectivity index (χ2n) is 6.01. The molecule has 2 rings (SSSR count). The maximum atomic E-state index is 12.8. The van der Waals surface area contributed by atoms with Gasteiger partial charge in [-0.2, -0.15) is 4.31 Å². The molecule has 1 aliphatic heterocycles. The van der Waals surface area contributed by atoms with Crippen LogP contribution in [-0.2, 0) is 14.8 Å². The Balaban J connectivity index is 2.08. The fourth-order valence-corrected chi connectivity index (χ4v) is 5.12. The van der Waals surface area contributed by atoms with E-state index in [0.29, 0.717) is 31.0 Å². The molecular weight excluding hydrogens is 371 g/mol. The van der Waals surface area contributed by atoms with E-state index >= 15 is 0 Å². The molecule has 1 aromatic carbocycles. The van der Waals surface area contributed by atoms with Gasteiger partial charge in [-0.3, -0.25) is 4.79 Å². The van der Waals surface area contributed by atoms with Crippen molar-refractivity contribution < 1.29 is 13.2 Å². The maximum absolute atomic E-state index is 12.8. The quantitative estimate of drug-likeness (QED) is 0.772. The standard InChI is InChI=1S/C16H22Cl2N2O3S/c1-3-8-19(2)16(21)12-6-9-20(10-7-12)24(22,23)15-11-13(17)4-5-14(15)18/h4-5,11-12H,3,6-10H2,1-2H3. The molecule has 1 heterocycles. The van der Waals surface area contributed by atoms with Crippen LogP contribution in [0.3, 0.4) is 0 Å². The Morgan fingerprint density at radius 2 is 1.92 bits per heavy atom. The molecule has 1 aromatic rings. The second-order valence-corrected chi connectivity index (χ2v) is 8.76. The fraction of sp³-hybridized carbons (Fsp3) is 0.562. The number of carbonyl (C=O) groups is 1. The Hall–Kier alpha value is -0.820.